The lowest BCUT2D eigenvalue weighted by Crippen LogP contribution is -1.85. The Morgan fingerprint density at radius 2 is 2.18 bits per heavy atom. The summed E-state index contributed by atoms with van der Waals surface area (Å²) in [5, 5.41) is 0. The maximum Gasteiger partial charge on any atom is 0.0163 e. The highest BCUT2D eigenvalue weighted by molar-refractivity contribution is 14.1. The van der Waals surface area contributed by atoms with Crippen LogP contribution in [0.15, 0.2) is 23.1 Å². The molecule has 0 spiro atoms. The van der Waals surface area contributed by atoms with Crippen LogP contribution < -0.4 is 0 Å². The van der Waals surface area contributed by atoms with Gasteiger partial charge in [-0.05, 0) is 59.0 Å². The minimum Gasteiger partial charge on any atom is -0.130 e. The lowest BCUT2D eigenvalue weighted by atomic mass is 10.2. The molecule has 0 N–H and O–H groups in total. The van der Waals surface area contributed by atoms with Gasteiger partial charge in [0.25, 0.3) is 0 Å². The van der Waals surface area contributed by atoms with Crippen LogP contribution >= 0.6 is 34.4 Å². The minimum atomic E-state index is 1.13. The standard InChI is InChI=1S/C9H11IS/c1-3-7-6-8(11-2)4-5-9(7)10/h4-6H,3H2,1-2H3. The summed E-state index contributed by atoms with van der Waals surface area (Å²) in [6, 6.07) is 6.63. The predicted molar refractivity (Wildman–Crippen MR) is 60.3 cm³/mol. The zero-order chi connectivity index (χ0) is 8.27. The Bertz CT molecular complexity index is 245. The third kappa shape index (κ3) is 2.37. The van der Waals surface area contributed by atoms with Crippen molar-refractivity contribution in [2.75, 3.05) is 6.26 Å². The summed E-state index contributed by atoms with van der Waals surface area (Å²) in [6.07, 6.45) is 3.24. The topological polar surface area (TPSA) is 0 Å². The van der Waals surface area contributed by atoms with Crippen LogP contribution in [-0.2, 0) is 6.42 Å². The molecule has 11 heavy (non-hydrogen) atoms. The van der Waals surface area contributed by atoms with Gasteiger partial charge in [0.15, 0.2) is 0 Å². The molecule has 0 atom stereocenters. The maximum absolute atomic E-state index is 2.38. The molecule has 0 aliphatic carbocycles. The molecule has 2 heteroatoms. The summed E-state index contributed by atoms with van der Waals surface area (Å²) in [5.41, 5.74) is 1.46. The Morgan fingerprint density at radius 3 is 2.73 bits per heavy atom. The van der Waals surface area contributed by atoms with Gasteiger partial charge in [-0.1, -0.05) is 6.92 Å². The number of rotatable bonds is 2. The van der Waals surface area contributed by atoms with Crippen molar-refractivity contribution >= 4 is 34.4 Å². The summed E-state index contributed by atoms with van der Waals surface area (Å²) in [7, 11) is 0. The van der Waals surface area contributed by atoms with Gasteiger partial charge < -0.3 is 0 Å². The molecule has 1 aromatic carbocycles. The van der Waals surface area contributed by atoms with Gasteiger partial charge in [0.05, 0.1) is 0 Å². The first-order valence-electron chi connectivity index (χ1n) is 3.60. The number of hydrogen-bond donors (Lipinski definition) is 0. The van der Waals surface area contributed by atoms with Crippen molar-refractivity contribution < 1.29 is 0 Å². The second-order valence-corrected chi connectivity index (χ2v) is 4.35. The highest BCUT2D eigenvalue weighted by Gasteiger charge is 1.97. The number of benzene rings is 1. The third-order valence-electron chi connectivity index (χ3n) is 1.63. The third-order valence-corrected chi connectivity index (χ3v) is 3.41. The molecule has 0 heterocycles. The fourth-order valence-electron chi connectivity index (χ4n) is 0.949. The van der Waals surface area contributed by atoms with E-state index in [1.807, 2.05) is 0 Å². The van der Waals surface area contributed by atoms with Gasteiger partial charge in [0.2, 0.25) is 0 Å². The quantitative estimate of drug-likeness (QED) is 0.588. The van der Waals surface area contributed by atoms with Crippen LogP contribution in [0.25, 0.3) is 0 Å². The second-order valence-electron chi connectivity index (χ2n) is 2.31. The number of halogens is 1. The smallest absolute Gasteiger partial charge is 0.0163 e. The zero-order valence-corrected chi connectivity index (χ0v) is 9.70. The fraction of sp³-hybridized carbons (Fsp3) is 0.333. The lowest BCUT2D eigenvalue weighted by molar-refractivity contribution is 1.11. The summed E-state index contributed by atoms with van der Waals surface area (Å²) in [6.45, 7) is 2.20. The first-order valence-corrected chi connectivity index (χ1v) is 5.90. The van der Waals surface area contributed by atoms with E-state index in [4.69, 9.17) is 0 Å². The van der Waals surface area contributed by atoms with Crippen molar-refractivity contribution in [3.8, 4) is 0 Å². The highest BCUT2D eigenvalue weighted by atomic mass is 127. The van der Waals surface area contributed by atoms with Crippen LogP contribution in [-0.4, -0.2) is 6.26 Å². The molecule has 0 radical (unpaired) electrons. The van der Waals surface area contributed by atoms with Crippen LogP contribution in [0.4, 0.5) is 0 Å². The average Bonchev–Trinajstić information content (AvgIpc) is 2.05. The molecular formula is C9H11IS. The Morgan fingerprint density at radius 1 is 1.45 bits per heavy atom. The van der Waals surface area contributed by atoms with E-state index in [9.17, 15) is 0 Å². The molecule has 0 unspecified atom stereocenters. The molecule has 0 aliphatic heterocycles. The molecule has 0 saturated carbocycles. The van der Waals surface area contributed by atoms with Crippen molar-refractivity contribution in [1.29, 1.82) is 0 Å². The fourth-order valence-corrected chi connectivity index (χ4v) is 2.13. The van der Waals surface area contributed by atoms with E-state index in [-0.39, 0.29) is 0 Å². The second kappa shape index (κ2) is 4.36. The van der Waals surface area contributed by atoms with Gasteiger partial charge in [-0.2, -0.15) is 0 Å². The molecule has 1 rings (SSSR count). The van der Waals surface area contributed by atoms with Gasteiger partial charge in [-0.15, -0.1) is 11.8 Å². The summed E-state index contributed by atoms with van der Waals surface area (Å²) in [4.78, 5) is 1.36. The van der Waals surface area contributed by atoms with E-state index < -0.39 is 0 Å². The van der Waals surface area contributed by atoms with Crippen molar-refractivity contribution in [2.24, 2.45) is 0 Å². The van der Waals surface area contributed by atoms with E-state index in [0.717, 1.165) is 6.42 Å². The van der Waals surface area contributed by atoms with Crippen molar-refractivity contribution in [3.63, 3.8) is 0 Å². The molecule has 0 saturated heterocycles. The molecule has 0 fully saturated rings. The molecular weight excluding hydrogens is 267 g/mol. The van der Waals surface area contributed by atoms with Gasteiger partial charge in [0.1, 0.15) is 0 Å². The van der Waals surface area contributed by atoms with Crippen LogP contribution in [0.5, 0.6) is 0 Å². The first kappa shape index (κ1) is 9.39. The Kier molecular flexibility index (Phi) is 3.72. The molecule has 0 aliphatic rings. The summed E-state index contributed by atoms with van der Waals surface area (Å²) >= 11 is 4.19. The van der Waals surface area contributed by atoms with Crippen LogP contribution in [0.1, 0.15) is 12.5 Å². The maximum atomic E-state index is 2.38. The molecule has 0 amide bonds. The van der Waals surface area contributed by atoms with Gasteiger partial charge in [-0.25, -0.2) is 0 Å². The number of thioether (sulfide) groups is 1. The highest BCUT2D eigenvalue weighted by Crippen LogP contribution is 2.20. The molecule has 1 aromatic rings. The van der Waals surface area contributed by atoms with Crippen LogP contribution in [0, 0.1) is 3.57 Å². The predicted octanol–water partition coefficient (Wildman–Crippen LogP) is 3.58. The Hall–Kier alpha value is 0.300. The molecule has 0 nitrogen and oxygen atoms in total. The van der Waals surface area contributed by atoms with Crippen molar-refractivity contribution in [1.82, 2.24) is 0 Å². The Labute approximate surface area is 85.9 Å². The summed E-state index contributed by atoms with van der Waals surface area (Å²) < 4.78 is 1.38. The largest absolute Gasteiger partial charge is 0.130 e. The van der Waals surface area contributed by atoms with Crippen LogP contribution in [0.3, 0.4) is 0 Å². The van der Waals surface area contributed by atoms with E-state index in [2.05, 4.69) is 54.0 Å². The van der Waals surface area contributed by atoms with Gasteiger partial charge in [-0.3, -0.25) is 0 Å². The molecule has 0 bridgehead atoms. The van der Waals surface area contributed by atoms with Gasteiger partial charge in [0, 0.05) is 8.47 Å². The van der Waals surface area contributed by atoms with E-state index in [1.54, 1.807) is 11.8 Å². The van der Waals surface area contributed by atoms with E-state index >= 15 is 0 Å². The molecule has 0 aromatic heterocycles. The van der Waals surface area contributed by atoms with Crippen molar-refractivity contribution in [2.45, 2.75) is 18.2 Å². The lowest BCUT2D eigenvalue weighted by Gasteiger charge is -2.02. The van der Waals surface area contributed by atoms with Crippen molar-refractivity contribution in [3.05, 3.63) is 27.3 Å². The summed E-state index contributed by atoms with van der Waals surface area (Å²) in [5.74, 6) is 0. The monoisotopic (exact) mass is 278 g/mol. The zero-order valence-electron chi connectivity index (χ0n) is 6.73. The number of aryl methyl sites for hydroxylation is 1. The average molecular weight is 278 g/mol. The van der Waals surface area contributed by atoms with Crippen LogP contribution in [0.2, 0.25) is 0 Å². The Balaban J connectivity index is 3.02. The van der Waals surface area contributed by atoms with E-state index in [1.165, 1.54) is 14.0 Å². The first-order chi connectivity index (χ1) is 5.27. The minimum absolute atomic E-state index is 1.13. The van der Waals surface area contributed by atoms with Gasteiger partial charge >= 0.3 is 0 Å². The normalized spacial score (nSPS) is 10.1. The van der Waals surface area contributed by atoms with E-state index in [0.29, 0.717) is 0 Å². The number of hydrogen-bond acceptors (Lipinski definition) is 1. The SMILES string of the molecule is CCc1cc(SC)ccc1I. The molecule has 60 valence electrons.